The highest BCUT2D eigenvalue weighted by Gasteiger charge is 2.25. The van der Waals surface area contributed by atoms with E-state index in [0.717, 1.165) is 41.4 Å². The van der Waals surface area contributed by atoms with Crippen molar-refractivity contribution in [3.63, 3.8) is 0 Å². The van der Waals surface area contributed by atoms with Gasteiger partial charge in [0.1, 0.15) is 18.1 Å². The van der Waals surface area contributed by atoms with Gasteiger partial charge >= 0.3 is 0 Å². The molecule has 2 N–H and O–H groups in total. The van der Waals surface area contributed by atoms with Crippen LogP contribution in [0.2, 0.25) is 0 Å². The van der Waals surface area contributed by atoms with Gasteiger partial charge in [-0.25, -0.2) is 10.0 Å². The van der Waals surface area contributed by atoms with E-state index in [1.54, 1.807) is 24.5 Å². The summed E-state index contributed by atoms with van der Waals surface area (Å²) in [6.07, 6.45) is 3.47. The molecule has 0 unspecified atom stereocenters. The van der Waals surface area contributed by atoms with Crippen LogP contribution in [0, 0.1) is 0 Å². The smallest absolute Gasteiger partial charge is 0.251 e. The van der Waals surface area contributed by atoms with Crippen LogP contribution < -0.4 is 15.4 Å². The van der Waals surface area contributed by atoms with Crippen molar-refractivity contribution < 1.29 is 14.3 Å². The van der Waals surface area contributed by atoms with Crippen LogP contribution in [0.1, 0.15) is 28.4 Å². The van der Waals surface area contributed by atoms with E-state index < -0.39 is 0 Å². The number of aliphatic imine (C=N–C) groups is 1. The fourth-order valence-corrected chi connectivity index (χ4v) is 3.89. The summed E-state index contributed by atoms with van der Waals surface area (Å²) < 4.78 is 10.9. The number of likely N-dealkylation sites (N-methyl/N-ethyl adjacent to an activating group) is 1. The fourth-order valence-electron chi connectivity index (χ4n) is 3.89. The molecule has 0 atom stereocenters. The number of methoxy groups -OCH3 is 1. The number of fused-ring (bicyclic) bond motifs is 1. The van der Waals surface area contributed by atoms with E-state index in [9.17, 15) is 4.79 Å². The van der Waals surface area contributed by atoms with Crippen molar-refractivity contribution in [2.75, 3.05) is 45.8 Å². The molecule has 0 spiro atoms. The summed E-state index contributed by atoms with van der Waals surface area (Å²) in [5, 5.41) is 12.4. The second-order valence-corrected chi connectivity index (χ2v) is 8.47. The predicted octanol–water partition coefficient (Wildman–Crippen LogP) is 3.53. The molecule has 2 aliphatic rings. The van der Waals surface area contributed by atoms with Gasteiger partial charge in [0, 0.05) is 49.8 Å². The summed E-state index contributed by atoms with van der Waals surface area (Å²) in [7, 11) is 3.75. The first-order valence-corrected chi connectivity index (χ1v) is 11.8. The van der Waals surface area contributed by atoms with Gasteiger partial charge in [0.05, 0.1) is 18.5 Å². The minimum absolute atomic E-state index is 0.0441. The van der Waals surface area contributed by atoms with Gasteiger partial charge in [-0.1, -0.05) is 12.6 Å². The lowest BCUT2D eigenvalue weighted by Gasteiger charge is -2.28. The molecular formula is C27H32N6O3. The van der Waals surface area contributed by atoms with E-state index in [1.165, 1.54) is 0 Å². The molecule has 0 saturated carbocycles. The first kappa shape index (κ1) is 25.2. The average molecular weight is 489 g/mol. The third-order valence-corrected chi connectivity index (χ3v) is 5.93. The number of anilines is 1. The molecule has 2 heterocycles. The van der Waals surface area contributed by atoms with Crippen LogP contribution in [-0.4, -0.2) is 68.3 Å². The molecular weight excluding hydrogens is 456 g/mol. The molecule has 0 radical (unpaired) electrons. The third kappa shape index (κ3) is 5.81. The molecule has 2 aromatic rings. The second kappa shape index (κ2) is 11.7. The number of hydrazone groups is 1. The molecule has 0 bridgehead atoms. The van der Waals surface area contributed by atoms with Gasteiger partial charge in [-0.05, 0) is 55.9 Å². The van der Waals surface area contributed by atoms with E-state index in [1.807, 2.05) is 56.4 Å². The molecule has 0 saturated heterocycles. The number of hydrogen-bond donors (Lipinski definition) is 2. The van der Waals surface area contributed by atoms with Crippen molar-refractivity contribution in [1.82, 2.24) is 15.2 Å². The SMILES string of the molecule is C=C1C(Nc2ccc(OCCN(C)CCOC)cc2)=NC=C(c2ccc3c(c2)CNC3=O)N1/N=C\C. The van der Waals surface area contributed by atoms with Crippen molar-refractivity contribution in [2.45, 2.75) is 13.5 Å². The highest BCUT2D eigenvalue weighted by molar-refractivity contribution is 6.09. The number of hydrogen-bond acceptors (Lipinski definition) is 8. The van der Waals surface area contributed by atoms with Gasteiger partial charge in [-0.3, -0.25) is 4.79 Å². The number of benzene rings is 2. The van der Waals surface area contributed by atoms with Gasteiger partial charge in [-0.15, -0.1) is 0 Å². The molecule has 9 heteroatoms. The minimum atomic E-state index is -0.0441. The molecule has 4 rings (SSSR count). The van der Waals surface area contributed by atoms with Crippen molar-refractivity contribution in [3.05, 3.63) is 77.6 Å². The number of amides is 1. The van der Waals surface area contributed by atoms with E-state index in [2.05, 4.69) is 32.2 Å². The number of nitrogens with zero attached hydrogens (tertiary/aromatic N) is 4. The number of carbonyl (C=O) groups is 1. The quantitative estimate of drug-likeness (QED) is 0.498. The van der Waals surface area contributed by atoms with Gasteiger partial charge in [0.15, 0.2) is 5.84 Å². The zero-order valence-electron chi connectivity index (χ0n) is 21.0. The number of carbonyl (C=O) groups excluding carboxylic acids is 1. The van der Waals surface area contributed by atoms with Gasteiger partial charge in [0.2, 0.25) is 0 Å². The molecule has 0 fully saturated rings. The third-order valence-electron chi connectivity index (χ3n) is 5.93. The zero-order chi connectivity index (χ0) is 25.5. The van der Waals surface area contributed by atoms with Gasteiger partial charge < -0.3 is 25.0 Å². The van der Waals surface area contributed by atoms with Gasteiger partial charge in [0.25, 0.3) is 5.91 Å². The van der Waals surface area contributed by atoms with Crippen LogP contribution >= 0.6 is 0 Å². The summed E-state index contributed by atoms with van der Waals surface area (Å²) in [6, 6.07) is 13.5. The van der Waals surface area contributed by atoms with Crippen LogP contribution in [0.15, 0.2) is 71.0 Å². The van der Waals surface area contributed by atoms with Crippen LogP contribution in [0.4, 0.5) is 5.69 Å². The van der Waals surface area contributed by atoms with E-state index in [0.29, 0.717) is 36.9 Å². The number of nitrogens with one attached hydrogen (secondary N) is 2. The maximum Gasteiger partial charge on any atom is 0.251 e. The number of rotatable bonds is 10. The Morgan fingerprint density at radius 3 is 2.75 bits per heavy atom. The standard InChI is InChI=1S/C27H32N6O3/c1-5-30-33-19(2)26(28-18-25(33)20-6-11-24-21(16-20)17-29-27(24)34)31-22-7-9-23(10-8-22)36-15-13-32(3)12-14-35-4/h5-11,16,18H,2,12-15,17H2,1,3-4H3,(H,28,31)(H,29,34)/b30-5-. The Morgan fingerprint density at radius 2 is 2.00 bits per heavy atom. The molecule has 0 aliphatic carbocycles. The molecule has 9 nitrogen and oxygen atoms in total. The Bertz CT molecular complexity index is 1200. The Kier molecular flexibility index (Phi) is 8.14. The van der Waals surface area contributed by atoms with E-state index >= 15 is 0 Å². The molecule has 1 amide bonds. The Balaban J connectivity index is 1.43. The first-order valence-electron chi connectivity index (χ1n) is 11.8. The van der Waals surface area contributed by atoms with Gasteiger partial charge in [-0.2, -0.15) is 5.10 Å². The van der Waals surface area contributed by atoms with Crippen molar-refractivity contribution in [1.29, 1.82) is 0 Å². The summed E-state index contributed by atoms with van der Waals surface area (Å²) in [4.78, 5) is 18.7. The topological polar surface area (TPSA) is 90.8 Å². The summed E-state index contributed by atoms with van der Waals surface area (Å²) in [6.45, 7) is 9.58. The highest BCUT2D eigenvalue weighted by Crippen LogP contribution is 2.30. The molecule has 0 aromatic heterocycles. The Labute approximate surface area is 211 Å². The monoisotopic (exact) mass is 488 g/mol. The molecule has 36 heavy (non-hydrogen) atoms. The second-order valence-electron chi connectivity index (χ2n) is 8.47. The van der Waals surface area contributed by atoms with Crippen molar-refractivity contribution >= 4 is 29.3 Å². The molecule has 2 aromatic carbocycles. The largest absolute Gasteiger partial charge is 0.492 e. The lowest BCUT2D eigenvalue weighted by molar-refractivity contribution is 0.0965. The lowest BCUT2D eigenvalue weighted by Crippen LogP contribution is -2.28. The summed E-state index contributed by atoms with van der Waals surface area (Å²) >= 11 is 0. The maximum atomic E-state index is 11.9. The highest BCUT2D eigenvalue weighted by atomic mass is 16.5. The average Bonchev–Trinajstić information content (AvgIpc) is 3.26. The van der Waals surface area contributed by atoms with E-state index in [4.69, 9.17) is 9.47 Å². The molecule has 188 valence electrons. The lowest BCUT2D eigenvalue weighted by atomic mass is 10.0. The van der Waals surface area contributed by atoms with Crippen LogP contribution in [0.3, 0.4) is 0 Å². The maximum absolute atomic E-state index is 11.9. The van der Waals surface area contributed by atoms with Crippen LogP contribution in [0.5, 0.6) is 5.75 Å². The summed E-state index contributed by atoms with van der Waals surface area (Å²) in [5.41, 5.74) is 4.83. The number of amidine groups is 1. The van der Waals surface area contributed by atoms with Crippen LogP contribution in [-0.2, 0) is 11.3 Å². The normalized spacial score (nSPS) is 15.2. The van der Waals surface area contributed by atoms with Crippen molar-refractivity contribution in [2.24, 2.45) is 10.1 Å². The zero-order valence-corrected chi connectivity index (χ0v) is 21.0. The Morgan fingerprint density at radius 1 is 1.22 bits per heavy atom. The van der Waals surface area contributed by atoms with Crippen molar-refractivity contribution in [3.8, 4) is 5.75 Å². The fraction of sp³-hybridized carbons (Fsp3) is 0.296. The van der Waals surface area contributed by atoms with Crippen LogP contribution in [0.25, 0.3) is 5.70 Å². The number of ether oxygens (including phenoxy) is 2. The predicted molar refractivity (Wildman–Crippen MR) is 143 cm³/mol. The molecule has 2 aliphatic heterocycles. The van der Waals surface area contributed by atoms with E-state index in [-0.39, 0.29) is 5.91 Å². The first-order chi connectivity index (χ1) is 17.5. The summed E-state index contributed by atoms with van der Waals surface area (Å²) in [5.74, 6) is 1.35. The minimum Gasteiger partial charge on any atom is -0.492 e. The Hall–Kier alpha value is -3.95.